The van der Waals surface area contributed by atoms with E-state index in [0.29, 0.717) is 32.5 Å². The zero-order valence-electron chi connectivity index (χ0n) is 11.7. The lowest BCUT2D eigenvalue weighted by Gasteiger charge is -2.10. The number of rotatable bonds is 4. The number of nitrogens with zero attached hydrogens (tertiary/aromatic N) is 2. The van der Waals surface area contributed by atoms with Crippen LogP contribution >= 0.6 is 34.8 Å². The van der Waals surface area contributed by atoms with E-state index in [-0.39, 0.29) is 0 Å². The molecule has 0 unspecified atom stereocenters. The number of para-hydroxylation sites is 1. The summed E-state index contributed by atoms with van der Waals surface area (Å²) in [5, 5.41) is 7.91. The molecule has 0 saturated carbocycles. The van der Waals surface area contributed by atoms with Crippen LogP contribution in [0.4, 0.5) is 23.1 Å². The molecule has 3 rings (SSSR count). The van der Waals surface area contributed by atoms with Gasteiger partial charge in [-0.15, -0.1) is 0 Å². The Morgan fingerprint density at radius 1 is 0.783 bits per heavy atom. The summed E-state index contributed by atoms with van der Waals surface area (Å²) in [6, 6.07) is 14.3. The van der Waals surface area contributed by atoms with Crippen molar-refractivity contribution in [2.75, 3.05) is 10.6 Å². The molecule has 7 heteroatoms. The quantitative estimate of drug-likeness (QED) is 0.602. The minimum absolute atomic E-state index is 0.418. The fourth-order valence-electron chi connectivity index (χ4n) is 1.90. The summed E-state index contributed by atoms with van der Waals surface area (Å²) in [6.07, 6.45) is 1.63. The number of hydrogen-bond donors (Lipinski definition) is 2. The zero-order chi connectivity index (χ0) is 16.2. The Hall–Kier alpha value is -2.01. The maximum Gasteiger partial charge on any atom is 0.229 e. The van der Waals surface area contributed by atoms with Crippen LogP contribution in [0.25, 0.3) is 0 Å². The second-order valence-corrected chi connectivity index (χ2v) is 5.87. The highest BCUT2D eigenvalue weighted by Crippen LogP contribution is 2.28. The van der Waals surface area contributed by atoms with E-state index in [0.717, 1.165) is 5.69 Å². The van der Waals surface area contributed by atoms with Gasteiger partial charge >= 0.3 is 0 Å². The summed E-state index contributed by atoms with van der Waals surface area (Å²) in [6.45, 7) is 0. The fraction of sp³-hybridized carbons (Fsp3) is 0. The molecule has 3 aromatic rings. The first-order chi connectivity index (χ1) is 11.1. The molecule has 0 saturated heterocycles. The molecule has 116 valence electrons. The summed E-state index contributed by atoms with van der Waals surface area (Å²) < 4.78 is 0. The minimum atomic E-state index is 0.418. The van der Waals surface area contributed by atoms with Gasteiger partial charge in [0.25, 0.3) is 0 Å². The summed E-state index contributed by atoms with van der Waals surface area (Å²) >= 11 is 18.2. The van der Waals surface area contributed by atoms with Gasteiger partial charge in [-0.25, -0.2) is 4.98 Å². The number of benzene rings is 2. The molecule has 4 nitrogen and oxygen atoms in total. The third kappa shape index (κ3) is 4.05. The van der Waals surface area contributed by atoms with Crippen molar-refractivity contribution in [2.45, 2.75) is 0 Å². The summed E-state index contributed by atoms with van der Waals surface area (Å²) in [5.41, 5.74) is 1.40. The van der Waals surface area contributed by atoms with Crippen LogP contribution < -0.4 is 10.6 Å². The van der Waals surface area contributed by atoms with Gasteiger partial charge in [0, 0.05) is 11.2 Å². The molecule has 1 aromatic heterocycles. The molecule has 0 aliphatic rings. The molecule has 23 heavy (non-hydrogen) atoms. The molecular formula is C16H11Cl3N4. The van der Waals surface area contributed by atoms with E-state index < -0.39 is 0 Å². The van der Waals surface area contributed by atoms with E-state index in [1.54, 1.807) is 36.5 Å². The SMILES string of the molecule is Clc1ccc(Cl)c(Nc2ccnc(Nc3ccccc3Cl)n2)c1. The summed E-state index contributed by atoms with van der Waals surface area (Å²) in [5.74, 6) is 1.000. The predicted molar refractivity (Wildman–Crippen MR) is 96.5 cm³/mol. The fourth-order valence-corrected chi connectivity index (χ4v) is 2.42. The third-order valence-electron chi connectivity index (χ3n) is 2.97. The first-order valence-corrected chi connectivity index (χ1v) is 7.82. The van der Waals surface area contributed by atoms with Gasteiger partial charge < -0.3 is 10.6 Å². The van der Waals surface area contributed by atoms with Crippen LogP contribution in [-0.4, -0.2) is 9.97 Å². The molecule has 0 aliphatic heterocycles. The number of hydrogen-bond acceptors (Lipinski definition) is 4. The van der Waals surface area contributed by atoms with Crippen molar-refractivity contribution in [1.82, 2.24) is 9.97 Å². The average molecular weight is 366 g/mol. The van der Waals surface area contributed by atoms with E-state index in [1.807, 2.05) is 18.2 Å². The Morgan fingerprint density at radius 3 is 2.39 bits per heavy atom. The van der Waals surface area contributed by atoms with Crippen molar-refractivity contribution in [3.05, 3.63) is 69.8 Å². The first kappa shape index (κ1) is 15.9. The van der Waals surface area contributed by atoms with Gasteiger partial charge in [-0.1, -0.05) is 46.9 Å². The minimum Gasteiger partial charge on any atom is -0.339 e. The third-order valence-corrected chi connectivity index (χ3v) is 3.86. The van der Waals surface area contributed by atoms with Crippen molar-refractivity contribution in [1.29, 1.82) is 0 Å². The molecule has 0 aliphatic carbocycles. The van der Waals surface area contributed by atoms with Crippen LogP contribution in [0.3, 0.4) is 0 Å². The normalized spacial score (nSPS) is 10.4. The molecule has 0 bridgehead atoms. The van der Waals surface area contributed by atoms with Gasteiger partial charge in [-0.05, 0) is 36.4 Å². The second-order valence-electron chi connectivity index (χ2n) is 4.62. The van der Waals surface area contributed by atoms with Crippen LogP contribution in [0.1, 0.15) is 0 Å². The van der Waals surface area contributed by atoms with Gasteiger partial charge in [-0.2, -0.15) is 4.98 Å². The number of anilines is 4. The highest BCUT2D eigenvalue weighted by molar-refractivity contribution is 6.35. The average Bonchev–Trinajstić information content (AvgIpc) is 2.54. The molecule has 1 heterocycles. The molecule has 2 N–H and O–H groups in total. The Labute approximate surface area is 148 Å². The van der Waals surface area contributed by atoms with Crippen molar-refractivity contribution in [3.63, 3.8) is 0 Å². The van der Waals surface area contributed by atoms with Crippen molar-refractivity contribution in [2.24, 2.45) is 0 Å². The van der Waals surface area contributed by atoms with Crippen molar-refractivity contribution < 1.29 is 0 Å². The molecule has 0 spiro atoms. The van der Waals surface area contributed by atoms with Crippen LogP contribution in [0, 0.1) is 0 Å². The smallest absolute Gasteiger partial charge is 0.229 e. The maximum absolute atomic E-state index is 6.14. The zero-order valence-corrected chi connectivity index (χ0v) is 14.0. The van der Waals surface area contributed by atoms with E-state index in [9.17, 15) is 0 Å². The molecule has 0 radical (unpaired) electrons. The largest absolute Gasteiger partial charge is 0.339 e. The van der Waals surface area contributed by atoms with Gasteiger partial charge in [0.1, 0.15) is 5.82 Å². The second kappa shape index (κ2) is 7.04. The lowest BCUT2D eigenvalue weighted by Crippen LogP contribution is -2.01. The number of aromatic nitrogens is 2. The monoisotopic (exact) mass is 364 g/mol. The topological polar surface area (TPSA) is 49.8 Å². The molecule has 2 aromatic carbocycles. The predicted octanol–water partition coefficient (Wildman–Crippen LogP) is 5.92. The van der Waals surface area contributed by atoms with Gasteiger partial charge in [0.2, 0.25) is 5.95 Å². The Balaban J connectivity index is 1.83. The maximum atomic E-state index is 6.14. The van der Waals surface area contributed by atoms with Crippen LogP contribution in [0.15, 0.2) is 54.7 Å². The first-order valence-electron chi connectivity index (χ1n) is 6.68. The van der Waals surface area contributed by atoms with Gasteiger partial charge in [-0.3, -0.25) is 0 Å². The van der Waals surface area contributed by atoms with E-state index in [1.165, 1.54) is 0 Å². The number of halogens is 3. The molecular weight excluding hydrogens is 355 g/mol. The van der Waals surface area contributed by atoms with E-state index in [4.69, 9.17) is 34.8 Å². The van der Waals surface area contributed by atoms with Crippen LogP contribution in [0.5, 0.6) is 0 Å². The Kier molecular flexibility index (Phi) is 4.86. The lowest BCUT2D eigenvalue weighted by molar-refractivity contribution is 1.17. The molecule has 0 fully saturated rings. The Morgan fingerprint density at radius 2 is 1.57 bits per heavy atom. The van der Waals surface area contributed by atoms with Crippen molar-refractivity contribution in [3.8, 4) is 0 Å². The Bertz CT molecular complexity index is 839. The van der Waals surface area contributed by atoms with E-state index >= 15 is 0 Å². The standard InChI is InChI=1S/C16H11Cl3N4/c17-10-5-6-12(19)14(9-10)21-15-7-8-20-16(23-15)22-13-4-2-1-3-11(13)18/h1-9H,(H2,20,21,22,23). The lowest BCUT2D eigenvalue weighted by atomic mass is 10.3. The highest BCUT2D eigenvalue weighted by Gasteiger charge is 2.06. The van der Waals surface area contributed by atoms with Gasteiger partial charge in [0.05, 0.1) is 21.4 Å². The molecule has 0 atom stereocenters. The summed E-state index contributed by atoms with van der Waals surface area (Å²) in [4.78, 5) is 8.56. The van der Waals surface area contributed by atoms with Crippen LogP contribution in [0.2, 0.25) is 15.1 Å². The highest BCUT2D eigenvalue weighted by atomic mass is 35.5. The van der Waals surface area contributed by atoms with E-state index in [2.05, 4.69) is 20.6 Å². The number of nitrogens with one attached hydrogen (secondary N) is 2. The van der Waals surface area contributed by atoms with Crippen molar-refractivity contribution >= 4 is 57.9 Å². The van der Waals surface area contributed by atoms with Crippen LogP contribution in [-0.2, 0) is 0 Å². The van der Waals surface area contributed by atoms with Gasteiger partial charge in [0.15, 0.2) is 0 Å². The summed E-state index contributed by atoms with van der Waals surface area (Å²) in [7, 11) is 0. The molecule has 0 amide bonds.